The van der Waals surface area contributed by atoms with E-state index >= 15 is 0 Å². The van der Waals surface area contributed by atoms with Crippen LogP contribution in [0.4, 0.5) is 5.13 Å². The molecule has 0 amide bonds. The van der Waals surface area contributed by atoms with Crippen LogP contribution in [0.5, 0.6) is 0 Å². The van der Waals surface area contributed by atoms with Crippen molar-refractivity contribution in [3.63, 3.8) is 0 Å². The van der Waals surface area contributed by atoms with E-state index < -0.39 is 0 Å². The lowest BCUT2D eigenvalue weighted by Crippen LogP contribution is -2.05. The van der Waals surface area contributed by atoms with Crippen molar-refractivity contribution in [1.82, 2.24) is 14.3 Å². The van der Waals surface area contributed by atoms with Gasteiger partial charge in [-0.05, 0) is 25.7 Å². The number of hydrogen-bond acceptors (Lipinski definition) is 7. The molecule has 0 radical (unpaired) electrons. The summed E-state index contributed by atoms with van der Waals surface area (Å²) in [5.41, 5.74) is 1.35. The number of aromatic nitrogens is 3. The van der Waals surface area contributed by atoms with E-state index in [4.69, 9.17) is 9.72 Å². The van der Waals surface area contributed by atoms with Crippen LogP contribution in [0.15, 0.2) is 0 Å². The molecule has 0 atom stereocenters. The minimum atomic E-state index is 0.668. The molecular weight excluding hydrogens is 304 g/mol. The number of fused-ring (bicyclic) bond motifs is 1. The predicted molar refractivity (Wildman–Crippen MR) is 86.4 cm³/mol. The van der Waals surface area contributed by atoms with Gasteiger partial charge in [0.25, 0.3) is 0 Å². The number of aryl methyl sites for hydroxylation is 2. The molecule has 0 fully saturated rings. The van der Waals surface area contributed by atoms with Gasteiger partial charge in [-0.2, -0.15) is 4.37 Å². The second-order valence-corrected chi connectivity index (χ2v) is 7.04. The first-order valence-electron chi connectivity index (χ1n) is 7.38. The van der Waals surface area contributed by atoms with Crippen LogP contribution >= 0.6 is 22.9 Å². The molecular formula is C14H20N4OS2. The van der Waals surface area contributed by atoms with E-state index in [1.54, 1.807) is 7.11 Å². The van der Waals surface area contributed by atoms with Crippen molar-refractivity contribution in [3.05, 3.63) is 21.4 Å². The van der Waals surface area contributed by atoms with E-state index in [1.165, 1.54) is 52.8 Å². The third kappa shape index (κ3) is 3.99. The molecule has 7 heteroatoms. The molecule has 21 heavy (non-hydrogen) atoms. The number of rotatable bonds is 7. The van der Waals surface area contributed by atoms with Gasteiger partial charge < -0.3 is 10.1 Å². The lowest BCUT2D eigenvalue weighted by atomic mass is 10.0. The second kappa shape index (κ2) is 7.29. The molecule has 0 aromatic carbocycles. The highest BCUT2D eigenvalue weighted by atomic mass is 32.1. The van der Waals surface area contributed by atoms with Gasteiger partial charge in [-0.15, -0.1) is 11.3 Å². The van der Waals surface area contributed by atoms with Crippen molar-refractivity contribution in [2.45, 2.75) is 38.5 Å². The summed E-state index contributed by atoms with van der Waals surface area (Å²) in [6, 6.07) is 0. The summed E-state index contributed by atoms with van der Waals surface area (Å²) in [7, 11) is 1.69. The van der Waals surface area contributed by atoms with Gasteiger partial charge in [-0.3, -0.25) is 0 Å². The number of ether oxygens (including phenoxy) is 1. The number of anilines is 1. The van der Waals surface area contributed by atoms with Crippen molar-refractivity contribution >= 4 is 28.0 Å². The van der Waals surface area contributed by atoms with Gasteiger partial charge in [0.1, 0.15) is 5.82 Å². The Kier molecular flexibility index (Phi) is 5.16. The highest BCUT2D eigenvalue weighted by Crippen LogP contribution is 2.26. The monoisotopic (exact) mass is 324 g/mol. The topological polar surface area (TPSA) is 59.9 Å². The number of nitrogens with one attached hydrogen (secondary N) is 1. The van der Waals surface area contributed by atoms with Crippen molar-refractivity contribution in [3.8, 4) is 0 Å². The zero-order chi connectivity index (χ0) is 14.5. The molecule has 1 aliphatic rings. The number of thiazole rings is 1. The van der Waals surface area contributed by atoms with E-state index in [-0.39, 0.29) is 0 Å². The van der Waals surface area contributed by atoms with Crippen LogP contribution < -0.4 is 5.32 Å². The molecule has 0 spiro atoms. The molecule has 2 heterocycles. The van der Waals surface area contributed by atoms with E-state index in [0.717, 1.165) is 30.3 Å². The lowest BCUT2D eigenvalue weighted by Gasteiger charge is -2.06. The maximum Gasteiger partial charge on any atom is 0.202 e. The molecule has 0 bridgehead atoms. The van der Waals surface area contributed by atoms with Gasteiger partial charge in [0.2, 0.25) is 5.13 Å². The summed E-state index contributed by atoms with van der Waals surface area (Å²) in [6.45, 7) is 1.53. The Bertz CT molecular complexity index is 558. The molecule has 2 aromatic heterocycles. The molecule has 114 valence electrons. The van der Waals surface area contributed by atoms with Crippen molar-refractivity contribution in [2.75, 3.05) is 25.6 Å². The van der Waals surface area contributed by atoms with Gasteiger partial charge >= 0.3 is 0 Å². The molecule has 0 unspecified atom stereocenters. The molecule has 0 saturated carbocycles. The van der Waals surface area contributed by atoms with Crippen LogP contribution in [-0.4, -0.2) is 34.6 Å². The molecule has 1 N–H and O–H groups in total. The predicted octanol–water partition coefficient (Wildman–Crippen LogP) is 2.72. The average molecular weight is 324 g/mol. The Morgan fingerprint density at radius 2 is 2.10 bits per heavy atom. The second-order valence-electron chi connectivity index (χ2n) is 5.12. The first-order valence-corrected chi connectivity index (χ1v) is 8.97. The van der Waals surface area contributed by atoms with Gasteiger partial charge in [0.15, 0.2) is 0 Å². The zero-order valence-corrected chi connectivity index (χ0v) is 13.9. The maximum atomic E-state index is 5.03. The zero-order valence-electron chi connectivity index (χ0n) is 12.2. The Morgan fingerprint density at radius 3 is 2.95 bits per heavy atom. The van der Waals surface area contributed by atoms with Crippen LogP contribution in [0.1, 0.15) is 34.2 Å². The van der Waals surface area contributed by atoms with Crippen LogP contribution in [-0.2, 0) is 30.4 Å². The minimum absolute atomic E-state index is 0.668. The highest BCUT2D eigenvalue weighted by Gasteiger charge is 2.14. The SMILES string of the molecule is COCCc1nsc(NCCc2nc3c(s2)CCCC3)n1. The fourth-order valence-electron chi connectivity index (χ4n) is 2.41. The molecule has 1 aliphatic carbocycles. The summed E-state index contributed by atoms with van der Waals surface area (Å²) in [4.78, 5) is 10.7. The van der Waals surface area contributed by atoms with Crippen molar-refractivity contribution < 1.29 is 4.74 Å². The Morgan fingerprint density at radius 1 is 1.19 bits per heavy atom. The van der Waals surface area contributed by atoms with Gasteiger partial charge in [0.05, 0.1) is 17.3 Å². The molecule has 0 saturated heterocycles. The third-order valence-corrected chi connectivity index (χ3v) is 5.43. The first kappa shape index (κ1) is 14.9. The van der Waals surface area contributed by atoms with Crippen molar-refractivity contribution in [1.29, 1.82) is 0 Å². The Hall–Kier alpha value is -1.05. The summed E-state index contributed by atoms with van der Waals surface area (Å²) >= 11 is 3.30. The fraction of sp³-hybridized carbons (Fsp3) is 0.643. The van der Waals surface area contributed by atoms with E-state index in [0.29, 0.717) is 6.61 Å². The van der Waals surface area contributed by atoms with Gasteiger partial charge in [0, 0.05) is 42.9 Å². The third-order valence-electron chi connectivity index (χ3n) is 3.50. The van der Waals surface area contributed by atoms with Crippen LogP contribution in [0.25, 0.3) is 0 Å². The van der Waals surface area contributed by atoms with Crippen LogP contribution in [0, 0.1) is 0 Å². The van der Waals surface area contributed by atoms with Crippen LogP contribution in [0.3, 0.4) is 0 Å². The fourth-order valence-corrected chi connectivity index (χ4v) is 4.20. The summed E-state index contributed by atoms with van der Waals surface area (Å²) in [5.74, 6) is 0.856. The van der Waals surface area contributed by atoms with Gasteiger partial charge in [-0.25, -0.2) is 9.97 Å². The van der Waals surface area contributed by atoms with Crippen LogP contribution in [0.2, 0.25) is 0 Å². The lowest BCUT2D eigenvalue weighted by molar-refractivity contribution is 0.201. The Balaban J connectivity index is 1.47. The van der Waals surface area contributed by atoms with E-state index in [1.807, 2.05) is 11.3 Å². The summed E-state index contributed by atoms with van der Waals surface area (Å²) in [5, 5.41) is 5.48. The maximum absolute atomic E-state index is 5.03. The first-order chi connectivity index (χ1) is 10.3. The van der Waals surface area contributed by atoms with E-state index in [2.05, 4.69) is 14.7 Å². The molecule has 5 nitrogen and oxygen atoms in total. The summed E-state index contributed by atoms with van der Waals surface area (Å²) in [6.07, 6.45) is 6.74. The van der Waals surface area contributed by atoms with Gasteiger partial charge in [-0.1, -0.05) is 0 Å². The number of nitrogens with zero attached hydrogens (tertiary/aromatic N) is 3. The standard InChI is InChI=1S/C14H20N4OS2/c1-19-9-7-12-17-14(21-18-12)15-8-6-13-16-10-4-2-3-5-11(10)20-13/h2-9H2,1H3,(H,15,17,18). The molecule has 0 aliphatic heterocycles. The number of methoxy groups -OCH3 is 1. The molecule has 2 aromatic rings. The van der Waals surface area contributed by atoms with Crippen molar-refractivity contribution in [2.24, 2.45) is 0 Å². The minimum Gasteiger partial charge on any atom is -0.384 e. The number of hydrogen-bond donors (Lipinski definition) is 1. The normalized spacial score (nSPS) is 14.1. The quantitative estimate of drug-likeness (QED) is 0.848. The Labute approximate surface area is 133 Å². The van der Waals surface area contributed by atoms with E-state index in [9.17, 15) is 0 Å². The summed E-state index contributed by atoms with van der Waals surface area (Å²) < 4.78 is 9.34. The average Bonchev–Trinajstić information content (AvgIpc) is 3.11. The highest BCUT2D eigenvalue weighted by molar-refractivity contribution is 7.11. The smallest absolute Gasteiger partial charge is 0.202 e. The largest absolute Gasteiger partial charge is 0.384 e. The molecule has 3 rings (SSSR count).